The van der Waals surface area contributed by atoms with E-state index in [9.17, 15) is 19.2 Å². The van der Waals surface area contributed by atoms with E-state index in [1.165, 1.54) is 0 Å². The summed E-state index contributed by atoms with van der Waals surface area (Å²) >= 11 is 5.97. The molecule has 11 heteroatoms. The summed E-state index contributed by atoms with van der Waals surface area (Å²) in [5.41, 5.74) is -0.0938. The van der Waals surface area contributed by atoms with Gasteiger partial charge in [0.05, 0.1) is 25.0 Å². The molecule has 3 rings (SSSR count). The summed E-state index contributed by atoms with van der Waals surface area (Å²) in [6.45, 7) is -0.533. The number of hydrogen-bond donors (Lipinski definition) is 2. The van der Waals surface area contributed by atoms with Gasteiger partial charge in [-0.2, -0.15) is 4.98 Å². The molecular weight excluding hydrogens is 432 g/mol. The van der Waals surface area contributed by atoms with Crippen molar-refractivity contribution < 1.29 is 23.6 Å². The van der Waals surface area contributed by atoms with E-state index in [-0.39, 0.29) is 36.3 Å². The SMILES string of the molecule is O=CN(O)C[C@@H](CC1CCCC1)C(=O)NCc1nc(Cl)nc(N2CCC[C@@H]2CF)c1F. The van der Waals surface area contributed by atoms with Gasteiger partial charge in [0, 0.05) is 6.54 Å². The van der Waals surface area contributed by atoms with Gasteiger partial charge in [0.15, 0.2) is 11.6 Å². The molecule has 1 aliphatic carbocycles. The van der Waals surface area contributed by atoms with Crippen molar-refractivity contribution in [3.05, 3.63) is 16.8 Å². The number of anilines is 1. The van der Waals surface area contributed by atoms with E-state index < -0.39 is 30.4 Å². The van der Waals surface area contributed by atoms with Crippen LogP contribution in [0.1, 0.15) is 50.6 Å². The second-order valence-corrected chi connectivity index (χ2v) is 8.59. The van der Waals surface area contributed by atoms with Gasteiger partial charge in [-0.25, -0.2) is 18.8 Å². The van der Waals surface area contributed by atoms with Crippen LogP contribution in [0, 0.1) is 17.7 Å². The number of carbonyl (C=O) groups excluding carboxylic acids is 2. The molecule has 2 aliphatic rings. The van der Waals surface area contributed by atoms with E-state index in [0.717, 1.165) is 32.1 Å². The van der Waals surface area contributed by atoms with Crippen molar-refractivity contribution >= 4 is 29.7 Å². The predicted octanol–water partition coefficient (Wildman–Crippen LogP) is 2.87. The van der Waals surface area contributed by atoms with Crippen LogP contribution in [0.3, 0.4) is 0 Å². The molecule has 2 N–H and O–H groups in total. The first-order chi connectivity index (χ1) is 14.9. The Hall–Kier alpha value is -2.07. The molecule has 8 nitrogen and oxygen atoms in total. The van der Waals surface area contributed by atoms with E-state index >= 15 is 4.39 Å². The van der Waals surface area contributed by atoms with Crippen molar-refractivity contribution in [3.8, 4) is 0 Å². The summed E-state index contributed by atoms with van der Waals surface area (Å²) in [5.74, 6) is -1.50. The van der Waals surface area contributed by atoms with Crippen LogP contribution < -0.4 is 10.2 Å². The minimum absolute atomic E-state index is 0.0607. The fraction of sp³-hybridized carbons (Fsp3) is 0.700. The maximum Gasteiger partial charge on any atom is 0.233 e. The fourth-order valence-electron chi connectivity index (χ4n) is 4.53. The molecule has 1 aromatic rings. The topological polar surface area (TPSA) is 98.7 Å². The summed E-state index contributed by atoms with van der Waals surface area (Å²) in [7, 11) is 0. The molecule has 1 aliphatic heterocycles. The summed E-state index contributed by atoms with van der Waals surface area (Å²) in [4.78, 5) is 33.0. The average Bonchev–Trinajstić information content (AvgIpc) is 3.44. The molecule has 1 saturated heterocycles. The molecule has 2 heterocycles. The Balaban J connectivity index is 1.70. The highest BCUT2D eigenvalue weighted by Crippen LogP contribution is 2.31. The Morgan fingerprint density at radius 2 is 2.06 bits per heavy atom. The standard InChI is InChI=1S/C20H28ClF2N5O3/c21-20-25-16(17(23)18(26-20)28-7-3-6-15(28)9-22)10-24-19(30)14(11-27(31)12-29)8-13-4-1-2-5-13/h12-15,31H,1-11H2,(H,24,30)/t14-,15-/m1/s1. The van der Waals surface area contributed by atoms with Crippen molar-refractivity contribution in [1.82, 2.24) is 20.3 Å². The van der Waals surface area contributed by atoms with Gasteiger partial charge in [0.2, 0.25) is 17.6 Å². The van der Waals surface area contributed by atoms with Crippen LogP contribution >= 0.6 is 11.6 Å². The number of aromatic nitrogens is 2. The highest BCUT2D eigenvalue weighted by Gasteiger charge is 2.31. The van der Waals surface area contributed by atoms with Crippen LogP contribution in [-0.4, -0.2) is 58.4 Å². The molecular formula is C20H28ClF2N5O3. The zero-order valence-electron chi connectivity index (χ0n) is 17.3. The number of rotatable bonds is 10. The largest absolute Gasteiger partial charge is 0.350 e. The van der Waals surface area contributed by atoms with Crippen LogP contribution in [0.5, 0.6) is 0 Å². The van der Waals surface area contributed by atoms with E-state index in [2.05, 4.69) is 15.3 Å². The number of alkyl halides is 1. The number of hydroxylamine groups is 2. The quantitative estimate of drug-likeness (QED) is 0.241. The second-order valence-electron chi connectivity index (χ2n) is 8.25. The molecule has 0 bridgehead atoms. The average molecular weight is 460 g/mol. The maximum absolute atomic E-state index is 15.1. The Labute approximate surface area is 184 Å². The van der Waals surface area contributed by atoms with Crippen molar-refractivity contribution in [3.63, 3.8) is 0 Å². The first-order valence-corrected chi connectivity index (χ1v) is 11.0. The molecule has 172 valence electrons. The van der Waals surface area contributed by atoms with Crippen molar-refractivity contribution in [2.45, 2.75) is 57.5 Å². The summed E-state index contributed by atoms with van der Waals surface area (Å²) in [6, 6.07) is -0.461. The molecule has 0 aromatic carbocycles. The lowest BCUT2D eigenvalue weighted by molar-refractivity contribution is -0.155. The Morgan fingerprint density at radius 1 is 1.32 bits per heavy atom. The Morgan fingerprint density at radius 3 is 2.74 bits per heavy atom. The summed E-state index contributed by atoms with van der Waals surface area (Å²) in [5, 5.41) is 12.5. The monoisotopic (exact) mass is 459 g/mol. The highest BCUT2D eigenvalue weighted by molar-refractivity contribution is 6.28. The van der Waals surface area contributed by atoms with Crippen molar-refractivity contribution in [1.29, 1.82) is 0 Å². The van der Waals surface area contributed by atoms with Crippen LogP contribution in [0.2, 0.25) is 5.28 Å². The van der Waals surface area contributed by atoms with Gasteiger partial charge in [-0.3, -0.25) is 14.8 Å². The first kappa shape index (κ1) is 23.6. The normalized spacial score (nSPS) is 20.1. The fourth-order valence-corrected chi connectivity index (χ4v) is 4.71. The van der Waals surface area contributed by atoms with Gasteiger partial charge in [-0.15, -0.1) is 0 Å². The Bertz CT molecular complexity index is 781. The van der Waals surface area contributed by atoms with Crippen LogP contribution in [0.25, 0.3) is 0 Å². The summed E-state index contributed by atoms with van der Waals surface area (Å²) < 4.78 is 28.3. The van der Waals surface area contributed by atoms with Gasteiger partial charge in [-0.1, -0.05) is 25.7 Å². The van der Waals surface area contributed by atoms with Gasteiger partial charge in [0.1, 0.15) is 12.4 Å². The molecule has 0 unspecified atom stereocenters. The van der Waals surface area contributed by atoms with Gasteiger partial charge >= 0.3 is 0 Å². The zero-order chi connectivity index (χ0) is 22.4. The van der Waals surface area contributed by atoms with Gasteiger partial charge in [0.25, 0.3) is 0 Å². The molecule has 2 amide bonds. The highest BCUT2D eigenvalue weighted by atomic mass is 35.5. The minimum atomic E-state index is -0.742. The van der Waals surface area contributed by atoms with Crippen LogP contribution in [0.4, 0.5) is 14.6 Å². The second kappa shape index (κ2) is 11.0. The molecule has 2 atom stereocenters. The van der Waals surface area contributed by atoms with Crippen LogP contribution in [0.15, 0.2) is 0 Å². The molecule has 0 spiro atoms. The third-order valence-electron chi connectivity index (χ3n) is 6.12. The molecule has 1 aromatic heterocycles. The number of halogens is 3. The predicted molar refractivity (Wildman–Crippen MR) is 110 cm³/mol. The lowest BCUT2D eigenvalue weighted by Gasteiger charge is -2.25. The molecule has 0 radical (unpaired) electrons. The third-order valence-corrected chi connectivity index (χ3v) is 6.29. The number of amides is 2. The van der Waals surface area contributed by atoms with E-state index in [4.69, 9.17) is 11.6 Å². The number of carbonyl (C=O) groups is 2. The Kier molecular flexibility index (Phi) is 8.36. The van der Waals surface area contributed by atoms with Crippen LogP contribution in [-0.2, 0) is 16.1 Å². The molecule has 1 saturated carbocycles. The van der Waals surface area contributed by atoms with Gasteiger partial charge < -0.3 is 10.2 Å². The van der Waals surface area contributed by atoms with Crippen molar-refractivity contribution in [2.24, 2.45) is 11.8 Å². The molecule has 2 fully saturated rings. The van der Waals surface area contributed by atoms with Crippen molar-refractivity contribution in [2.75, 3.05) is 24.7 Å². The minimum Gasteiger partial charge on any atom is -0.350 e. The lowest BCUT2D eigenvalue weighted by atomic mass is 9.92. The lowest BCUT2D eigenvalue weighted by Crippen LogP contribution is -2.38. The van der Waals surface area contributed by atoms with E-state index in [1.54, 1.807) is 4.90 Å². The molecule has 31 heavy (non-hydrogen) atoms. The zero-order valence-corrected chi connectivity index (χ0v) is 18.0. The first-order valence-electron chi connectivity index (χ1n) is 10.7. The smallest absolute Gasteiger partial charge is 0.233 e. The van der Waals surface area contributed by atoms with E-state index in [1.807, 2.05) is 0 Å². The summed E-state index contributed by atoms with van der Waals surface area (Å²) in [6.07, 6.45) is 6.30. The van der Waals surface area contributed by atoms with E-state index in [0.29, 0.717) is 30.4 Å². The van der Waals surface area contributed by atoms with Gasteiger partial charge in [-0.05, 0) is 36.8 Å². The number of nitrogens with one attached hydrogen (secondary N) is 1. The number of hydrogen-bond acceptors (Lipinski definition) is 6. The third kappa shape index (κ3) is 6.00. The maximum atomic E-state index is 15.1. The number of nitrogens with zero attached hydrogens (tertiary/aromatic N) is 4.